The van der Waals surface area contributed by atoms with Crippen molar-refractivity contribution in [2.45, 2.75) is 152 Å². The Morgan fingerprint density at radius 3 is 1.30 bits per heavy atom. The van der Waals surface area contributed by atoms with E-state index in [1.165, 1.54) is 51.9 Å². The summed E-state index contributed by atoms with van der Waals surface area (Å²) in [6.07, 6.45) is 36.1. The topological polar surface area (TPSA) is 34.1 Å². The van der Waals surface area contributed by atoms with E-state index < -0.39 is 10.8 Å². The summed E-state index contributed by atoms with van der Waals surface area (Å²) in [6.45, 7) is 20.0. The minimum absolute atomic E-state index is 0.136. The van der Waals surface area contributed by atoms with E-state index in [4.69, 9.17) is 0 Å². The summed E-state index contributed by atoms with van der Waals surface area (Å²) < 4.78 is 0. The first kappa shape index (κ1) is 42.2. The molecule has 2 unspecified atom stereocenters. The quantitative estimate of drug-likeness (QED) is 0.126. The van der Waals surface area contributed by atoms with Gasteiger partial charge in [-0.3, -0.25) is 9.59 Å². The number of fused-ring (bicyclic) bond motifs is 6. The molecule has 0 saturated heterocycles. The highest BCUT2D eigenvalue weighted by Crippen LogP contribution is 2.69. The molecule has 4 atom stereocenters. The lowest BCUT2D eigenvalue weighted by molar-refractivity contribution is 0.0242. The number of carbonyl (C=O) groups excluding carboxylic acids is 2. The lowest BCUT2D eigenvalue weighted by Crippen LogP contribution is -2.56. The van der Waals surface area contributed by atoms with E-state index >= 15 is 0 Å². The Bertz CT molecular complexity index is 1710. The molecule has 1 aromatic rings. The van der Waals surface area contributed by atoms with Gasteiger partial charge >= 0.3 is 0 Å². The maximum Gasteiger partial charge on any atom is 0.171 e. The summed E-state index contributed by atoms with van der Waals surface area (Å²) in [5, 5.41) is 0. The predicted octanol–water partition coefficient (Wildman–Crippen LogP) is 15.0. The van der Waals surface area contributed by atoms with E-state index in [0.29, 0.717) is 17.5 Å². The van der Waals surface area contributed by atoms with Crippen LogP contribution in [0, 0.1) is 22.7 Å². The largest absolute Gasteiger partial charge is 0.293 e. The van der Waals surface area contributed by atoms with E-state index in [1.807, 2.05) is 24.3 Å². The monoisotopic (exact) mass is 715 g/mol. The number of hydrogen-bond donors (Lipinski definition) is 0. The fraction of sp³-hybridized carbons (Fsp3) is 0.529. The van der Waals surface area contributed by atoms with Gasteiger partial charge in [-0.1, -0.05) is 125 Å². The third-order valence-corrected chi connectivity index (χ3v) is 12.7. The van der Waals surface area contributed by atoms with Gasteiger partial charge in [0, 0.05) is 11.1 Å². The van der Waals surface area contributed by atoms with Crippen molar-refractivity contribution in [1.82, 2.24) is 0 Å². The molecule has 286 valence electrons. The Morgan fingerprint density at radius 1 is 0.528 bits per heavy atom. The summed E-state index contributed by atoms with van der Waals surface area (Å²) in [5.41, 5.74) is 10.1. The highest BCUT2D eigenvalue weighted by atomic mass is 16.1. The fourth-order valence-corrected chi connectivity index (χ4v) is 9.11. The SMILES string of the molecule is CC(C)=CCC/C(C)=C/CC/C(C)=C/CC/C(C)=C/CC/C(C)=C/CC/C(C)=C/CC/C(C)=C/CC12C(=O)c3ccccc3C(=O)C1(C)[C@@H]1C=C[C@H]2C1. The smallest absolute Gasteiger partial charge is 0.171 e. The molecule has 1 aromatic carbocycles. The number of ketones is 2. The van der Waals surface area contributed by atoms with Crippen LogP contribution < -0.4 is 0 Å². The van der Waals surface area contributed by atoms with Gasteiger partial charge in [0.15, 0.2) is 11.6 Å². The molecular formula is C51H70O2. The van der Waals surface area contributed by atoms with Crippen molar-refractivity contribution in [1.29, 1.82) is 0 Å². The van der Waals surface area contributed by atoms with E-state index in [-0.39, 0.29) is 23.4 Å². The zero-order valence-electron chi connectivity index (χ0n) is 34.9. The summed E-state index contributed by atoms with van der Waals surface area (Å²) in [6, 6.07) is 7.50. The number of hydrogen-bond acceptors (Lipinski definition) is 2. The maximum absolute atomic E-state index is 14.2. The standard InChI is InChI=1S/C51H70O2/c1-37(2)18-12-19-38(3)20-13-21-39(4)22-14-23-40(5)24-15-25-41(6)26-16-27-42(7)28-17-29-43(8)34-35-51-45-33-32-44(36-45)50(51,9)48(52)46-30-10-11-31-47(46)49(51)53/h10-11,18,20,22,24,26,28,30-34,44-45H,12-17,19,21,23,25,27,29,35-36H2,1-9H3/b38-20+,39-22+,40-24+,41-26+,42-28+,43-34+/t44-,45+,50?,51?/m1/s1. The average molecular weight is 715 g/mol. The third kappa shape index (κ3) is 10.6. The summed E-state index contributed by atoms with van der Waals surface area (Å²) >= 11 is 0. The van der Waals surface area contributed by atoms with Gasteiger partial charge in [0.1, 0.15) is 0 Å². The van der Waals surface area contributed by atoms with Gasteiger partial charge in [0.05, 0.1) is 10.8 Å². The molecule has 2 nitrogen and oxygen atoms in total. The molecule has 53 heavy (non-hydrogen) atoms. The fourth-order valence-electron chi connectivity index (χ4n) is 9.11. The van der Waals surface area contributed by atoms with Crippen molar-refractivity contribution >= 4 is 11.6 Å². The minimum atomic E-state index is -0.665. The van der Waals surface area contributed by atoms with Crippen LogP contribution >= 0.6 is 0 Å². The molecule has 0 spiro atoms. The Labute approximate surface area is 324 Å². The second kappa shape index (κ2) is 19.7. The molecular weight excluding hydrogens is 645 g/mol. The number of rotatable bonds is 20. The van der Waals surface area contributed by atoms with Gasteiger partial charge in [0.25, 0.3) is 0 Å². The summed E-state index contributed by atoms with van der Waals surface area (Å²) in [4.78, 5) is 28.2. The molecule has 1 fully saturated rings. The van der Waals surface area contributed by atoms with E-state index in [1.54, 1.807) is 0 Å². The predicted molar refractivity (Wildman–Crippen MR) is 228 cm³/mol. The second-order valence-corrected chi connectivity index (χ2v) is 17.2. The van der Waals surface area contributed by atoms with Crippen LogP contribution in [0.25, 0.3) is 0 Å². The minimum Gasteiger partial charge on any atom is -0.293 e. The van der Waals surface area contributed by atoms with Crippen LogP contribution in [0.5, 0.6) is 0 Å². The van der Waals surface area contributed by atoms with Crippen LogP contribution in [0.4, 0.5) is 0 Å². The van der Waals surface area contributed by atoms with Crippen LogP contribution in [0.2, 0.25) is 0 Å². The van der Waals surface area contributed by atoms with Crippen molar-refractivity contribution in [2.75, 3.05) is 0 Å². The zero-order chi connectivity index (χ0) is 38.6. The first-order valence-corrected chi connectivity index (χ1v) is 20.7. The molecule has 0 aliphatic heterocycles. The van der Waals surface area contributed by atoms with E-state index in [2.05, 4.69) is 117 Å². The van der Waals surface area contributed by atoms with Crippen molar-refractivity contribution in [3.05, 3.63) is 129 Å². The van der Waals surface area contributed by atoms with Crippen LogP contribution in [0.15, 0.2) is 118 Å². The molecule has 0 heterocycles. The third-order valence-electron chi connectivity index (χ3n) is 12.7. The summed E-state index contributed by atoms with van der Waals surface area (Å²) in [7, 11) is 0. The second-order valence-electron chi connectivity index (χ2n) is 17.2. The van der Waals surface area contributed by atoms with Gasteiger partial charge in [-0.15, -0.1) is 0 Å². The first-order valence-electron chi connectivity index (χ1n) is 20.7. The normalized spacial score (nSPS) is 24.9. The van der Waals surface area contributed by atoms with Gasteiger partial charge in [-0.25, -0.2) is 0 Å². The molecule has 3 aliphatic carbocycles. The molecule has 2 heteroatoms. The number of carbonyl (C=O) groups is 2. The average Bonchev–Trinajstić information content (AvgIpc) is 3.70. The molecule has 0 amide bonds. The summed E-state index contributed by atoms with van der Waals surface area (Å²) in [5.74, 6) is 0.620. The molecule has 0 N–H and O–H groups in total. The van der Waals surface area contributed by atoms with Gasteiger partial charge in [-0.05, 0) is 157 Å². The van der Waals surface area contributed by atoms with E-state index in [0.717, 1.165) is 70.6 Å². The molecule has 0 radical (unpaired) electrons. The van der Waals surface area contributed by atoms with Gasteiger partial charge in [-0.2, -0.15) is 0 Å². The van der Waals surface area contributed by atoms with Gasteiger partial charge < -0.3 is 0 Å². The van der Waals surface area contributed by atoms with Crippen molar-refractivity contribution < 1.29 is 9.59 Å². The number of benzene rings is 1. The van der Waals surface area contributed by atoms with Crippen molar-refractivity contribution in [3.63, 3.8) is 0 Å². The highest BCUT2D eigenvalue weighted by molar-refractivity contribution is 6.20. The Kier molecular flexibility index (Phi) is 15.7. The van der Waals surface area contributed by atoms with Crippen molar-refractivity contribution in [2.24, 2.45) is 22.7 Å². The molecule has 2 bridgehead atoms. The Balaban J connectivity index is 1.15. The van der Waals surface area contributed by atoms with Crippen LogP contribution in [-0.2, 0) is 0 Å². The first-order chi connectivity index (χ1) is 25.3. The molecule has 4 rings (SSSR count). The molecule has 3 aliphatic rings. The molecule has 0 aromatic heterocycles. The number of allylic oxidation sites excluding steroid dienone is 16. The van der Waals surface area contributed by atoms with Gasteiger partial charge in [0.2, 0.25) is 0 Å². The van der Waals surface area contributed by atoms with Crippen LogP contribution in [-0.4, -0.2) is 11.6 Å². The zero-order valence-corrected chi connectivity index (χ0v) is 34.9. The van der Waals surface area contributed by atoms with Crippen molar-refractivity contribution in [3.8, 4) is 0 Å². The lowest BCUT2D eigenvalue weighted by atomic mass is 9.49. The Morgan fingerprint density at radius 2 is 0.887 bits per heavy atom. The van der Waals surface area contributed by atoms with Crippen LogP contribution in [0.1, 0.15) is 173 Å². The molecule has 1 saturated carbocycles. The lowest BCUT2D eigenvalue weighted by Gasteiger charge is -2.50. The van der Waals surface area contributed by atoms with Crippen LogP contribution in [0.3, 0.4) is 0 Å². The van der Waals surface area contributed by atoms with E-state index in [9.17, 15) is 9.59 Å². The maximum atomic E-state index is 14.2. The highest BCUT2D eigenvalue weighted by Gasteiger charge is 2.71. The Hall–Kier alpha value is -3.52. The number of Topliss-reactive ketones (excluding diaryl/α,β-unsaturated/α-hetero) is 2.